The summed E-state index contributed by atoms with van der Waals surface area (Å²) in [6, 6.07) is 1.31. The second kappa shape index (κ2) is 6.91. The summed E-state index contributed by atoms with van der Waals surface area (Å²) in [5.41, 5.74) is 0.451. The second-order valence-electron chi connectivity index (χ2n) is 6.82. The molecule has 3 heteroatoms. The number of aliphatic hydroxyl groups excluding tert-OH is 1. The average Bonchev–Trinajstić information content (AvgIpc) is 2.62. The number of aliphatic hydroxyl groups is 1. The van der Waals surface area contributed by atoms with E-state index in [1.54, 1.807) is 0 Å². The maximum atomic E-state index is 9.93. The highest BCUT2D eigenvalue weighted by Crippen LogP contribution is 2.41. The highest BCUT2D eigenvalue weighted by Gasteiger charge is 2.43. The number of nitrogens with zero attached hydrogens (tertiary/aromatic N) is 1. The van der Waals surface area contributed by atoms with Gasteiger partial charge in [-0.3, -0.25) is 4.90 Å². The second-order valence-corrected chi connectivity index (χ2v) is 7.38. The first-order valence-corrected chi connectivity index (χ1v) is 9.26. The van der Waals surface area contributed by atoms with Gasteiger partial charge in [0.05, 0.1) is 6.10 Å². The first kappa shape index (κ1) is 15.8. The van der Waals surface area contributed by atoms with Crippen LogP contribution in [0.1, 0.15) is 65.2 Å². The molecular weight excluding hydrogens is 302 g/mol. The van der Waals surface area contributed by atoms with Crippen molar-refractivity contribution in [1.82, 2.24) is 4.90 Å². The topological polar surface area (TPSA) is 23.5 Å². The number of hydrogen-bond acceptors (Lipinski definition) is 2. The Morgan fingerprint density at radius 2 is 1.63 bits per heavy atom. The Labute approximate surface area is 127 Å². The van der Waals surface area contributed by atoms with Crippen LogP contribution >= 0.6 is 15.9 Å². The Morgan fingerprint density at radius 1 is 1.11 bits per heavy atom. The van der Waals surface area contributed by atoms with Gasteiger partial charge in [-0.1, -0.05) is 42.6 Å². The van der Waals surface area contributed by atoms with E-state index in [1.165, 1.54) is 45.1 Å². The minimum absolute atomic E-state index is 0.0375. The molecule has 2 unspecified atom stereocenters. The molecule has 2 aliphatic rings. The summed E-state index contributed by atoms with van der Waals surface area (Å²) in [4.78, 5) is 2.75. The summed E-state index contributed by atoms with van der Waals surface area (Å²) in [6.45, 7) is 5.85. The standard InChI is InChI=1S/C16H30BrNO/c1-3-7-16(11-17,8-4-2)12-18-13-5-6-14(18)10-15(19)9-13/h13-15,19H,3-12H2,1-2H3. The summed E-state index contributed by atoms with van der Waals surface area (Å²) >= 11 is 3.80. The largest absolute Gasteiger partial charge is 0.393 e. The lowest BCUT2D eigenvalue weighted by atomic mass is 9.79. The summed E-state index contributed by atoms with van der Waals surface area (Å²) in [6.07, 6.45) is 9.78. The van der Waals surface area contributed by atoms with Crippen molar-refractivity contribution in [3.05, 3.63) is 0 Å². The van der Waals surface area contributed by atoms with E-state index in [0.717, 1.165) is 18.2 Å². The van der Waals surface area contributed by atoms with Crippen molar-refractivity contribution >= 4 is 15.9 Å². The molecule has 0 amide bonds. The minimum atomic E-state index is -0.0375. The van der Waals surface area contributed by atoms with Crippen molar-refractivity contribution in [2.75, 3.05) is 11.9 Å². The fourth-order valence-electron chi connectivity index (χ4n) is 4.41. The lowest BCUT2D eigenvalue weighted by molar-refractivity contribution is 0.0101. The van der Waals surface area contributed by atoms with Crippen molar-refractivity contribution in [1.29, 1.82) is 0 Å². The molecule has 0 aromatic heterocycles. The Kier molecular flexibility index (Phi) is 5.74. The summed E-state index contributed by atoms with van der Waals surface area (Å²) in [5.74, 6) is 0. The monoisotopic (exact) mass is 331 g/mol. The van der Waals surface area contributed by atoms with Gasteiger partial charge in [-0.05, 0) is 43.9 Å². The highest BCUT2D eigenvalue weighted by atomic mass is 79.9. The number of halogens is 1. The maximum Gasteiger partial charge on any atom is 0.0570 e. The smallest absolute Gasteiger partial charge is 0.0570 e. The molecule has 0 saturated carbocycles. The lowest BCUT2D eigenvalue weighted by Gasteiger charge is -2.44. The average molecular weight is 332 g/mol. The normalized spacial score (nSPS) is 31.9. The van der Waals surface area contributed by atoms with Crippen molar-refractivity contribution in [2.24, 2.45) is 5.41 Å². The Bertz CT molecular complexity index is 264. The van der Waals surface area contributed by atoms with E-state index in [0.29, 0.717) is 17.5 Å². The van der Waals surface area contributed by atoms with Crippen molar-refractivity contribution in [2.45, 2.75) is 83.4 Å². The van der Waals surface area contributed by atoms with Gasteiger partial charge in [0.25, 0.3) is 0 Å². The third-order valence-electron chi connectivity index (χ3n) is 5.22. The third-order valence-corrected chi connectivity index (χ3v) is 6.41. The van der Waals surface area contributed by atoms with Crippen LogP contribution in [0.25, 0.3) is 0 Å². The van der Waals surface area contributed by atoms with E-state index >= 15 is 0 Å². The van der Waals surface area contributed by atoms with E-state index in [-0.39, 0.29) is 6.10 Å². The van der Waals surface area contributed by atoms with Crippen molar-refractivity contribution in [3.8, 4) is 0 Å². The molecule has 2 fully saturated rings. The zero-order chi connectivity index (χ0) is 13.9. The molecule has 1 N–H and O–H groups in total. The van der Waals surface area contributed by atoms with Crippen LogP contribution in [0.3, 0.4) is 0 Å². The molecule has 2 rings (SSSR count). The number of alkyl halides is 1. The van der Waals surface area contributed by atoms with Crippen LogP contribution in [0, 0.1) is 5.41 Å². The van der Waals surface area contributed by atoms with Crippen LogP contribution in [-0.2, 0) is 0 Å². The molecule has 19 heavy (non-hydrogen) atoms. The van der Waals surface area contributed by atoms with Crippen LogP contribution in [0.4, 0.5) is 0 Å². The van der Waals surface area contributed by atoms with Gasteiger partial charge in [0, 0.05) is 24.0 Å². The highest BCUT2D eigenvalue weighted by molar-refractivity contribution is 9.09. The zero-order valence-electron chi connectivity index (χ0n) is 12.6. The predicted octanol–water partition coefficient (Wildman–Crippen LogP) is 3.96. The third kappa shape index (κ3) is 3.54. The van der Waals surface area contributed by atoms with Crippen LogP contribution in [0.2, 0.25) is 0 Å². The summed E-state index contributed by atoms with van der Waals surface area (Å²) in [5, 5.41) is 11.1. The molecule has 2 aliphatic heterocycles. The van der Waals surface area contributed by atoms with Gasteiger partial charge >= 0.3 is 0 Å². The number of rotatable bonds is 7. The van der Waals surface area contributed by atoms with Crippen molar-refractivity contribution < 1.29 is 5.11 Å². The Morgan fingerprint density at radius 3 is 2.05 bits per heavy atom. The SMILES string of the molecule is CCCC(CBr)(CCC)CN1C2CCC1CC(O)C2. The fourth-order valence-corrected chi connectivity index (χ4v) is 5.15. The molecule has 0 aromatic carbocycles. The van der Waals surface area contributed by atoms with E-state index < -0.39 is 0 Å². The number of hydrogen-bond donors (Lipinski definition) is 1. The van der Waals surface area contributed by atoms with Gasteiger partial charge < -0.3 is 5.11 Å². The summed E-state index contributed by atoms with van der Waals surface area (Å²) in [7, 11) is 0. The van der Waals surface area contributed by atoms with E-state index in [1.807, 2.05) is 0 Å². The first-order valence-electron chi connectivity index (χ1n) is 8.14. The van der Waals surface area contributed by atoms with E-state index in [4.69, 9.17) is 0 Å². The van der Waals surface area contributed by atoms with Crippen LogP contribution in [-0.4, -0.2) is 40.1 Å². The van der Waals surface area contributed by atoms with E-state index in [2.05, 4.69) is 34.7 Å². The van der Waals surface area contributed by atoms with Crippen LogP contribution in [0.15, 0.2) is 0 Å². The maximum absolute atomic E-state index is 9.93. The number of piperidine rings is 1. The van der Waals surface area contributed by atoms with Gasteiger partial charge in [0.15, 0.2) is 0 Å². The van der Waals surface area contributed by atoms with Crippen molar-refractivity contribution in [3.63, 3.8) is 0 Å². The molecule has 2 bridgehead atoms. The zero-order valence-corrected chi connectivity index (χ0v) is 14.2. The molecule has 0 radical (unpaired) electrons. The van der Waals surface area contributed by atoms with Crippen LogP contribution < -0.4 is 0 Å². The molecule has 2 nitrogen and oxygen atoms in total. The quantitative estimate of drug-likeness (QED) is 0.714. The molecule has 0 spiro atoms. The van der Waals surface area contributed by atoms with Gasteiger partial charge in [-0.25, -0.2) is 0 Å². The summed E-state index contributed by atoms with van der Waals surface area (Å²) < 4.78 is 0. The Hall–Kier alpha value is 0.400. The van der Waals surface area contributed by atoms with Crippen LogP contribution in [0.5, 0.6) is 0 Å². The van der Waals surface area contributed by atoms with E-state index in [9.17, 15) is 5.11 Å². The molecule has 0 aromatic rings. The molecule has 112 valence electrons. The van der Waals surface area contributed by atoms with Gasteiger partial charge in [-0.2, -0.15) is 0 Å². The molecule has 2 saturated heterocycles. The fraction of sp³-hybridized carbons (Fsp3) is 1.00. The molecule has 2 heterocycles. The first-order chi connectivity index (χ1) is 9.14. The van der Waals surface area contributed by atoms with Gasteiger partial charge in [-0.15, -0.1) is 0 Å². The predicted molar refractivity (Wildman–Crippen MR) is 84.8 cm³/mol. The molecule has 2 atom stereocenters. The Balaban J connectivity index is 2.04. The number of fused-ring (bicyclic) bond motifs is 2. The lowest BCUT2D eigenvalue weighted by Crippen LogP contribution is -2.50. The minimum Gasteiger partial charge on any atom is -0.393 e. The van der Waals surface area contributed by atoms with Gasteiger partial charge in [0.1, 0.15) is 0 Å². The molecule has 0 aliphatic carbocycles. The molecular formula is C16H30BrNO. The van der Waals surface area contributed by atoms with Gasteiger partial charge in [0.2, 0.25) is 0 Å².